The Labute approximate surface area is 190 Å². The number of H-pyrrole nitrogens is 1. The standard InChI is InChI=1S/C23H27N5O5/c1-13(2)12-28-19-18(21(30)27-23(28)31)15(11-17(25-19)14-6-7-14)20(29)26-16-5-4-8-24-22(16)33-10-9-32-3/h4-5,8,11,13-14H,6-7,9-10,12H2,1-3H3,(H,26,29)(H,27,30,31). The molecule has 10 heteroatoms. The van der Waals surface area contributed by atoms with Gasteiger partial charge in [-0.25, -0.2) is 14.8 Å². The van der Waals surface area contributed by atoms with Gasteiger partial charge >= 0.3 is 5.69 Å². The monoisotopic (exact) mass is 453 g/mol. The second-order valence-electron chi connectivity index (χ2n) is 8.48. The van der Waals surface area contributed by atoms with Gasteiger partial charge in [0.25, 0.3) is 11.5 Å². The maximum Gasteiger partial charge on any atom is 0.330 e. The van der Waals surface area contributed by atoms with E-state index in [0.717, 1.165) is 12.8 Å². The van der Waals surface area contributed by atoms with Gasteiger partial charge < -0.3 is 14.8 Å². The predicted octanol–water partition coefficient (Wildman–Crippen LogP) is 2.29. The van der Waals surface area contributed by atoms with Crippen molar-refractivity contribution in [2.75, 3.05) is 25.6 Å². The Morgan fingerprint density at radius 3 is 2.79 bits per heavy atom. The highest BCUT2D eigenvalue weighted by Crippen LogP contribution is 2.40. The number of carbonyl (C=O) groups excluding carboxylic acids is 1. The molecule has 1 aliphatic carbocycles. The van der Waals surface area contributed by atoms with Gasteiger partial charge in [-0.2, -0.15) is 0 Å². The van der Waals surface area contributed by atoms with E-state index in [2.05, 4.69) is 20.3 Å². The molecule has 1 amide bonds. The maximum atomic E-state index is 13.4. The van der Waals surface area contributed by atoms with Gasteiger partial charge in [0.2, 0.25) is 5.88 Å². The number of anilines is 1. The first kappa shape index (κ1) is 22.7. The van der Waals surface area contributed by atoms with Crippen molar-refractivity contribution in [1.82, 2.24) is 19.5 Å². The number of nitrogens with zero attached hydrogens (tertiary/aromatic N) is 3. The molecule has 4 rings (SSSR count). The topological polar surface area (TPSA) is 128 Å². The first-order chi connectivity index (χ1) is 15.9. The molecule has 0 bridgehead atoms. The average Bonchev–Trinajstić information content (AvgIpc) is 3.62. The van der Waals surface area contributed by atoms with Crippen molar-refractivity contribution >= 4 is 22.6 Å². The second-order valence-corrected chi connectivity index (χ2v) is 8.48. The molecule has 0 aromatic carbocycles. The number of aromatic amines is 1. The van der Waals surface area contributed by atoms with E-state index >= 15 is 0 Å². The number of aromatic nitrogens is 4. The first-order valence-electron chi connectivity index (χ1n) is 10.9. The Balaban J connectivity index is 1.80. The number of pyridine rings is 2. The Morgan fingerprint density at radius 2 is 2.09 bits per heavy atom. The van der Waals surface area contributed by atoms with Crippen molar-refractivity contribution in [3.8, 4) is 5.88 Å². The molecule has 0 aliphatic heterocycles. The number of hydrogen-bond acceptors (Lipinski definition) is 7. The van der Waals surface area contributed by atoms with Gasteiger partial charge in [0.1, 0.15) is 12.3 Å². The van der Waals surface area contributed by atoms with Crippen molar-refractivity contribution in [3.63, 3.8) is 0 Å². The van der Waals surface area contributed by atoms with Crippen LogP contribution >= 0.6 is 0 Å². The molecule has 3 aromatic heterocycles. The highest BCUT2D eigenvalue weighted by Gasteiger charge is 2.29. The van der Waals surface area contributed by atoms with E-state index in [0.29, 0.717) is 24.5 Å². The molecule has 0 spiro atoms. The lowest BCUT2D eigenvalue weighted by molar-refractivity contribution is 0.102. The largest absolute Gasteiger partial charge is 0.474 e. The molecule has 10 nitrogen and oxygen atoms in total. The average molecular weight is 453 g/mol. The van der Waals surface area contributed by atoms with Gasteiger partial charge in [-0.05, 0) is 37.0 Å². The minimum atomic E-state index is -0.641. The van der Waals surface area contributed by atoms with Crippen molar-refractivity contribution in [3.05, 3.63) is 56.5 Å². The molecular formula is C23H27N5O5. The number of rotatable bonds is 9. The third-order valence-corrected chi connectivity index (χ3v) is 5.30. The Morgan fingerprint density at radius 1 is 1.30 bits per heavy atom. The van der Waals surface area contributed by atoms with Crippen LogP contribution in [0.1, 0.15) is 48.7 Å². The van der Waals surface area contributed by atoms with E-state index in [1.807, 2.05) is 13.8 Å². The third kappa shape index (κ3) is 4.95. The van der Waals surface area contributed by atoms with E-state index in [1.165, 1.54) is 4.57 Å². The van der Waals surface area contributed by atoms with Crippen LogP contribution in [0.5, 0.6) is 5.88 Å². The van der Waals surface area contributed by atoms with Crippen LogP contribution in [0.4, 0.5) is 5.69 Å². The van der Waals surface area contributed by atoms with Gasteiger partial charge in [0.15, 0.2) is 5.65 Å². The van der Waals surface area contributed by atoms with Crippen LogP contribution in [-0.2, 0) is 11.3 Å². The molecule has 1 aliphatic rings. The minimum Gasteiger partial charge on any atom is -0.474 e. The van der Waals surface area contributed by atoms with E-state index < -0.39 is 17.2 Å². The fourth-order valence-electron chi connectivity index (χ4n) is 3.61. The molecule has 0 saturated heterocycles. The summed E-state index contributed by atoms with van der Waals surface area (Å²) in [6.07, 6.45) is 3.47. The fraction of sp³-hybridized carbons (Fsp3) is 0.435. The summed E-state index contributed by atoms with van der Waals surface area (Å²) in [7, 11) is 1.56. The van der Waals surface area contributed by atoms with E-state index in [1.54, 1.807) is 31.5 Å². The number of methoxy groups -OCH3 is 1. The summed E-state index contributed by atoms with van der Waals surface area (Å²) in [5.41, 5.74) is 0.287. The smallest absolute Gasteiger partial charge is 0.330 e. The molecular weight excluding hydrogens is 426 g/mol. The van der Waals surface area contributed by atoms with E-state index in [4.69, 9.17) is 9.47 Å². The second kappa shape index (κ2) is 9.53. The summed E-state index contributed by atoms with van der Waals surface area (Å²) in [6.45, 7) is 4.94. The van der Waals surface area contributed by atoms with Crippen LogP contribution in [0.2, 0.25) is 0 Å². The lowest BCUT2D eigenvalue weighted by atomic mass is 10.1. The lowest BCUT2D eigenvalue weighted by Crippen LogP contribution is -2.33. The van der Waals surface area contributed by atoms with Crippen LogP contribution in [0.15, 0.2) is 34.0 Å². The lowest BCUT2D eigenvalue weighted by Gasteiger charge is -2.15. The summed E-state index contributed by atoms with van der Waals surface area (Å²) in [5.74, 6) is 0.0975. The number of hydrogen-bond donors (Lipinski definition) is 2. The van der Waals surface area contributed by atoms with Crippen LogP contribution < -0.4 is 21.3 Å². The highest BCUT2D eigenvalue weighted by molar-refractivity contribution is 6.12. The normalized spacial score (nSPS) is 13.5. The maximum absolute atomic E-state index is 13.4. The van der Waals surface area contributed by atoms with Crippen molar-refractivity contribution in [2.45, 2.75) is 39.2 Å². The van der Waals surface area contributed by atoms with Crippen molar-refractivity contribution in [2.24, 2.45) is 5.92 Å². The van der Waals surface area contributed by atoms with Gasteiger partial charge in [-0.1, -0.05) is 13.8 Å². The molecule has 3 aromatic rings. The SMILES string of the molecule is COCCOc1ncccc1NC(=O)c1cc(C2CC2)nc2c1c(=O)[nH]c(=O)n2CC(C)C. The first-order valence-corrected chi connectivity index (χ1v) is 10.9. The number of carbonyl (C=O) groups is 1. The summed E-state index contributed by atoms with van der Waals surface area (Å²) < 4.78 is 12.0. The van der Waals surface area contributed by atoms with Crippen LogP contribution in [0.25, 0.3) is 11.0 Å². The van der Waals surface area contributed by atoms with E-state index in [9.17, 15) is 14.4 Å². The summed E-state index contributed by atoms with van der Waals surface area (Å²) >= 11 is 0. The Hall–Kier alpha value is -3.53. The number of fused-ring (bicyclic) bond motifs is 1. The molecule has 0 radical (unpaired) electrons. The predicted molar refractivity (Wildman–Crippen MR) is 123 cm³/mol. The highest BCUT2D eigenvalue weighted by atomic mass is 16.5. The zero-order valence-electron chi connectivity index (χ0n) is 18.9. The fourth-order valence-corrected chi connectivity index (χ4v) is 3.61. The molecule has 2 N–H and O–H groups in total. The summed E-state index contributed by atoms with van der Waals surface area (Å²) in [5, 5.41) is 2.89. The van der Waals surface area contributed by atoms with Crippen LogP contribution in [-0.4, -0.2) is 45.7 Å². The molecule has 1 fully saturated rings. The summed E-state index contributed by atoms with van der Waals surface area (Å²) in [4.78, 5) is 49.9. The van der Waals surface area contributed by atoms with Crippen LogP contribution in [0.3, 0.4) is 0 Å². The van der Waals surface area contributed by atoms with Gasteiger partial charge in [0, 0.05) is 31.5 Å². The molecule has 1 saturated carbocycles. The van der Waals surface area contributed by atoms with Crippen LogP contribution in [0, 0.1) is 5.92 Å². The molecule has 0 atom stereocenters. The molecule has 0 unspecified atom stereocenters. The van der Waals surface area contributed by atoms with Gasteiger partial charge in [-0.15, -0.1) is 0 Å². The van der Waals surface area contributed by atoms with Gasteiger partial charge in [-0.3, -0.25) is 19.1 Å². The number of amides is 1. The Kier molecular flexibility index (Phi) is 6.55. The van der Waals surface area contributed by atoms with Crippen molar-refractivity contribution < 1.29 is 14.3 Å². The number of nitrogens with one attached hydrogen (secondary N) is 2. The zero-order valence-corrected chi connectivity index (χ0v) is 18.9. The summed E-state index contributed by atoms with van der Waals surface area (Å²) in [6, 6.07) is 4.99. The van der Waals surface area contributed by atoms with E-state index in [-0.39, 0.29) is 40.9 Å². The van der Waals surface area contributed by atoms with Crippen molar-refractivity contribution in [1.29, 1.82) is 0 Å². The molecule has 174 valence electrons. The zero-order chi connectivity index (χ0) is 23.5. The number of ether oxygens (including phenoxy) is 2. The molecule has 33 heavy (non-hydrogen) atoms. The Bertz CT molecular complexity index is 1290. The molecule has 3 heterocycles. The quantitative estimate of drug-likeness (QED) is 0.476. The third-order valence-electron chi connectivity index (χ3n) is 5.30. The van der Waals surface area contributed by atoms with Gasteiger partial charge in [0.05, 0.1) is 17.6 Å². The minimum absolute atomic E-state index is 0.0860.